The Morgan fingerprint density at radius 3 is 0.471 bits per heavy atom. The van der Waals surface area contributed by atoms with Crippen molar-refractivity contribution in [3.63, 3.8) is 0 Å². The number of hydrogen-bond acceptors (Lipinski definition) is 4. The fraction of sp³-hybridized carbons (Fsp3) is 0. The normalized spacial score (nSPS) is 3.41. The van der Waals surface area contributed by atoms with Gasteiger partial charge < -0.3 is 54.8 Å². The van der Waals surface area contributed by atoms with Crippen LogP contribution in [0.25, 0.3) is 0 Å². The van der Waals surface area contributed by atoms with Gasteiger partial charge in [0.1, 0.15) is 0 Å². The van der Waals surface area contributed by atoms with E-state index in [1.807, 2.05) is 0 Å². The van der Waals surface area contributed by atoms with E-state index in [2.05, 4.69) is 0 Å². The summed E-state index contributed by atoms with van der Waals surface area (Å²) in [5, 5.41) is 0. The molecule has 0 fully saturated rings. The van der Waals surface area contributed by atoms with Gasteiger partial charge in [-0.2, -0.15) is 0 Å². The second kappa shape index (κ2) is 83.7. The van der Waals surface area contributed by atoms with E-state index in [1.165, 1.54) is 0 Å². The van der Waals surface area contributed by atoms with E-state index in [1.54, 1.807) is 0 Å². The second-order valence-corrected chi connectivity index (χ2v) is 1.56. The predicted octanol–water partition coefficient (Wildman–Crippen LogP) is -16.9. The van der Waals surface area contributed by atoms with E-state index in [-0.39, 0.29) is 114 Å². The summed E-state index contributed by atoms with van der Waals surface area (Å²) in [6, 6.07) is 0. The molecule has 0 rings (SSSR count). The van der Waals surface area contributed by atoms with E-state index in [4.69, 9.17) is 16.0 Å². The average molecular weight is 345 g/mol. The molecule has 0 bridgehead atoms. The van der Waals surface area contributed by atoms with Gasteiger partial charge in [-0.25, -0.2) is 0 Å². The van der Waals surface area contributed by atoms with Crippen molar-refractivity contribution in [2.45, 2.75) is 0 Å². The molecule has 0 saturated carbocycles. The molecular weight excluding hydrogens is 325 g/mol. The molecule has 14 nitrogen and oxygen atoms in total. The van der Waals surface area contributed by atoms with Crippen molar-refractivity contribution in [1.29, 1.82) is 0 Å². The molecule has 0 aromatic carbocycles. The molecule has 0 unspecified atom stereocenters. The van der Waals surface area contributed by atoms with Crippen molar-refractivity contribution < 1.29 is 143 Å². The standard InChI is InChI=1S/Mn.2Na.10H2O.4O/h;;;10*1H2;;;;/q;2*+1;;;;;;;;;;;;;2*-1. The molecule has 0 aliphatic heterocycles. The first-order valence-electron chi connectivity index (χ1n) is 0.617. The summed E-state index contributed by atoms with van der Waals surface area (Å²) in [7, 11) is 0. The van der Waals surface area contributed by atoms with Crippen molar-refractivity contribution in [3.8, 4) is 0 Å². The Labute approximate surface area is 142 Å². The summed E-state index contributed by atoms with van der Waals surface area (Å²) in [6.45, 7) is 0. The van der Waals surface area contributed by atoms with Gasteiger partial charge in [0.15, 0.2) is 0 Å². The van der Waals surface area contributed by atoms with Crippen LogP contribution in [0.15, 0.2) is 0 Å². The van der Waals surface area contributed by atoms with Crippen LogP contribution in [0.5, 0.6) is 0 Å². The third kappa shape index (κ3) is 1610. The molecule has 20 N–H and O–H groups in total. The van der Waals surface area contributed by atoms with Crippen molar-refractivity contribution in [3.05, 3.63) is 0 Å². The number of hydrogen-bond donors (Lipinski definition) is 0. The van der Waals surface area contributed by atoms with Crippen LogP contribution in [-0.2, 0) is 21.0 Å². The Morgan fingerprint density at radius 1 is 0.471 bits per heavy atom. The Morgan fingerprint density at radius 2 is 0.471 bits per heavy atom. The first kappa shape index (κ1) is 182. The van der Waals surface area contributed by atoms with Crippen molar-refractivity contribution in [1.82, 2.24) is 0 Å². The fourth-order valence-corrected chi connectivity index (χ4v) is 0. The quantitative estimate of drug-likeness (QED) is 0.385. The van der Waals surface area contributed by atoms with E-state index < -0.39 is 13.4 Å². The number of rotatable bonds is 0. The molecule has 0 aliphatic carbocycles. The van der Waals surface area contributed by atoms with Gasteiger partial charge in [-0.15, -0.1) is 0 Å². The summed E-state index contributed by atoms with van der Waals surface area (Å²) < 4.78 is 34.3. The molecule has 113 valence electrons. The molecule has 17 heteroatoms. The van der Waals surface area contributed by atoms with Crippen LogP contribution >= 0.6 is 0 Å². The Hall–Kier alpha value is 1.64. The van der Waals surface area contributed by atoms with Crippen molar-refractivity contribution in [2.75, 3.05) is 0 Å². The minimum atomic E-state index is -5.62. The predicted molar refractivity (Wildman–Crippen MR) is 37.5 cm³/mol. The van der Waals surface area contributed by atoms with Gasteiger partial charge in [0.05, 0.1) is 0 Å². The topological polar surface area (TPSA) is 395 Å². The summed E-state index contributed by atoms with van der Waals surface area (Å²) in [4.78, 5) is 0. The van der Waals surface area contributed by atoms with Gasteiger partial charge in [0, 0.05) is 0 Å². The van der Waals surface area contributed by atoms with Crippen LogP contribution in [0, 0.1) is 0 Å². The SMILES string of the molecule is O.O.O.O.O.O.O.O.O.O.[Na+].[Na+].[O]=[Mn](=[O])([O-])[O-]. The van der Waals surface area contributed by atoms with Gasteiger partial charge in [-0.3, -0.25) is 0 Å². The van der Waals surface area contributed by atoms with Crippen LogP contribution in [-0.4, -0.2) is 54.8 Å². The second-order valence-electron chi connectivity index (χ2n) is 0.378. The Bertz CT molecular complexity index is 97.4. The summed E-state index contributed by atoms with van der Waals surface area (Å²) >= 11 is -5.62. The van der Waals surface area contributed by atoms with Crippen LogP contribution in [0.3, 0.4) is 0 Å². The van der Waals surface area contributed by atoms with Gasteiger partial charge >= 0.3 is 88.5 Å². The van der Waals surface area contributed by atoms with E-state index in [0.29, 0.717) is 0 Å². The van der Waals surface area contributed by atoms with Gasteiger partial charge in [-0.1, -0.05) is 0 Å². The fourth-order valence-electron chi connectivity index (χ4n) is 0. The molecule has 0 spiro atoms. The zero-order chi connectivity index (χ0) is 4.50. The maximum absolute atomic E-state index is 8.58. The molecule has 17 heavy (non-hydrogen) atoms. The summed E-state index contributed by atoms with van der Waals surface area (Å²) in [5.41, 5.74) is 0. The monoisotopic (exact) mass is 345 g/mol. The van der Waals surface area contributed by atoms with Crippen LogP contribution in [0.1, 0.15) is 0 Å². The molecular formula is H20MnNa2O14. The van der Waals surface area contributed by atoms with Crippen LogP contribution in [0.2, 0.25) is 0 Å². The van der Waals surface area contributed by atoms with Crippen molar-refractivity contribution >= 4 is 0 Å². The Kier molecular flexibility index (Phi) is 898. The summed E-state index contributed by atoms with van der Waals surface area (Å²) in [6.07, 6.45) is 0. The molecule has 0 aromatic rings. The average Bonchev–Trinajstić information content (AvgIpc) is 0.722. The molecule has 0 amide bonds. The minimum absolute atomic E-state index is 0. The van der Waals surface area contributed by atoms with Crippen molar-refractivity contribution in [2.24, 2.45) is 0 Å². The molecule has 0 radical (unpaired) electrons. The molecule has 0 heterocycles. The first-order chi connectivity index (χ1) is 2.00. The van der Waals surface area contributed by atoms with Gasteiger partial charge in [-0.05, 0) is 0 Å². The Balaban J connectivity index is -0.00000000121. The van der Waals surface area contributed by atoms with Gasteiger partial charge in [0.25, 0.3) is 0 Å². The van der Waals surface area contributed by atoms with E-state index in [0.717, 1.165) is 0 Å². The third-order valence-electron chi connectivity index (χ3n) is 0. The zero-order valence-corrected chi connectivity index (χ0v) is 14.2. The van der Waals surface area contributed by atoms with Crippen LogP contribution in [0.4, 0.5) is 0 Å². The molecule has 0 saturated heterocycles. The first-order valence-corrected chi connectivity index (χ1v) is 2.54. The molecule has 0 aromatic heterocycles. The maximum atomic E-state index is 8.58. The van der Waals surface area contributed by atoms with E-state index in [9.17, 15) is 0 Å². The molecule has 0 atom stereocenters. The summed E-state index contributed by atoms with van der Waals surface area (Å²) in [5.74, 6) is 0. The molecule has 0 aliphatic rings. The third-order valence-corrected chi connectivity index (χ3v) is 0. The van der Waals surface area contributed by atoms with Gasteiger partial charge in [0.2, 0.25) is 0 Å². The van der Waals surface area contributed by atoms with Crippen LogP contribution < -0.4 is 67.5 Å². The zero-order valence-electron chi connectivity index (χ0n) is 9.01. The van der Waals surface area contributed by atoms with E-state index >= 15 is 0 Å².